The first kappa shape index (κ1) is 13.5. The third-order valence-corrected chi connectivity index (χ3v) is 2.65. The molecule has 2 aromatic rings. The first-order valence-electron chi connectivity index (χ1n) is 5.43. The number of fused-ring (bicyclic) bond motifs is 1. The summed E-state index contributed by atoms with van der Waals surface area (Å²) >= 11 is 0. The van der Waals surface area contributed by atoms with Gasteiger partial charge in [0.2, 0.25) is 0 Å². The Hall–Kier alpha value is -2.97. The Bertz CT molecular complexity index is 734. The van der Waals surface area contributed by atoms with E-state index < -0.39 is 16.9 Å². The smallest absolute Gasteiger partial charge is 0.417 e. The number of pyridine rings is 1. The van der Waals surface area contributed by atoms with Crippen molar-refractivity contribution in [2.75, 3.05) is 14.1 Å². The van der Waals surface area contributed by atoms with Crippen LogP contribution in [0.5, 0.6) is 0 Å². The second-order valence-corrected chi connectivity index (χ2v) is 4.21. The van der Waals surface area contributed by atoms with Crippen LogP contribution in [0.15, 0.2) is 18.3 Å². The molecule has 0 fully saturated rings. The van der Waals surface area contributed by atoms with Gasteiger partial charge >= 0.3 is 6.09 Å². The van der Waals surface area contributed by atoms with E-state index in [4.69, 9.17) is 0 Å². The number of aromatic nitrogens is 2. The molecule has 1 N–H and O–H groups in total. The molecule has 0 aliphatic carbocycles. The van der Waals surface area contributed by atoms with Crippen molar-refractivity contribution < 1.29 is 19.6 Å². The summed E-state index contributed by atoms with van der Waals surface area (Å²) in [6, 6.07) is 2.44. The third kappa shape index (κ3) is 2.05. The van der Waals surface area contributed by atoms with Crippen molar-refractivity contribution in [1.82, 2.24) is 14.5 Å². The number of nitrogens with zero attached hydrogens (tertiary/aromatic N) is 4. The van der Waals surface area contributed by atoms with Crippen LogP contribution in [0.4, 0.5) is 10.5 Å². The van der Waals surface area contributed by atoms with E-state index in [9.17, 15) is 24.8 Å². The molecule has 20 heavy (non-hydrogen) atoms. The zero-order valence-electron chi connectivity index (χ0n) is 10.6. The lowest BCUT2D eigenvalue weighted by molar-refractivity contribution is -0.385. The van der Waals surface area contributed by atoms with E-state index in [0.29, 0.717) is 4.57 Å². The lowest BCUT2D eigenvalue weighted by Gasteiger charge is -2.10. The standard InChI is InChI=1S/C11H10N4O5/c1-13(2)10(16)8-4-6-3-7(15(19)20)5-12-9(6)14(8)11(17)18/h3-5H,1-2H3,(H,17,18). The van der Waals surface area contributed by atoms with Crippen molar-refractivity contribution in [3.63, 3.8) is 0 Å². The Morgan fingerprint density at radius 3 is 2.55 bits per heavy atom. The Labute approximate surface area is 112 Å². The molecule has 2 heterocycles. The fourth-order valence-corrected chi connectivity index (χ4v) is 1.76. The van der Waals surface area contributed by atoms with Gasteiger partial charge in [-0.2, -0.15) is 0 Å². The molecular weight excluding hydrogens is 268 g/mol. The Kier molecular flexibility index (Phi) is 3.10. The number of carbonyl (C=O) groups is 2. The molecule has 0 aromatic carbocycles. The van der Waals surface area contributed by atoms with Gasteiger partial charge in [-0.15, -0.1) is 0 Å². The number of hydrogen-bond acceptors (Lipinski definition) is 5. The number of hydrogen-bond donors (Lipinski definition) is 1. The van der Waals surface area contributed by atoms with Crippen molar-refractivity contribution >= 4 is 28.7 Å². The summed E-state index contributed by atoms with van der Waals surface area (Å²) in [5.41, 5.74) is -0.414. The topological polar surface area (TPSA) is 119 Å². The quantitative estimate of drug-likeness (QED) is 0.650. The van der Waals surface area contributed by atoms with Crippen LogP contribution in [0.3, 0.4) is 0 Å². The minimum atomic E-state index is -1.38. The van der Waals surface area contributed by atoms with Crippen LogP contribution in [0.25, 0.3) is 11.0 Å². The summed E-state index contributed by atoms with van der Waals surface area (Å²) in [5.74, 6) is -0.534. The Morgan fingerprint density at radius 2 is 2.05 bits per heavy atom. The van der Waals surface area contributed by atoms with Gasteiger partial charge in [-0.05, 0) is 6.07 Å². The SMILES string of the molecule is CN(C)C(=O)c1cc2cc([N+](=O)[O-])cnc2n1C(=O)O. The largest absolute Gasteiger partial charge is 0.464 e. The van der Waals surface area contributed by atoms with E-state index in [2.05, 4.69) is 4.98 Å². The van der Waals surface area contributed by atoms with Crippen LogP contribution >= 0.6 is 0 Å². The fraction of sp³-hybridized carbons (Fsp3) is 0.182. The van der Waals surface area contributed by atoms with Gasteiger partial charge in [0.15, 0.2) is 5.65 Å². The highest BCUT2D eigenvalue weighted by atomic mass is 16.6. The second kappa shape index (κ2) is 4.61. The highest BCUT2D eigenvalue weighted by Crippen LogP contribution is 2.23. The maximum Gasteiger partial charge on any atom is 0.417 e. The highest BCUT2D eigenvalue weighted by molar-refractivity contribution is 6.02. The first-order chi connectivity index (χ1) is 9.32. The zero-order valence-corrected chi connectivity index (χ0v) is 10.6. The minimum Gasteiger partial charge on any atom is -0.464 e. The monoisotopic (exact) mass is 278 g/mol. The Balaban J connectivity index is 2.75. The van der Waals surface area contributed by atoms with Gasteiger partial charge in [-0.1, -0.05) is 0 Å². The second-order valence-electron chi connectivity index (χ2n) is 4.21. The van der Waals surface area contributed by atoms with Crippen molar-refractivity contribution in [2.45, 2.75) is 0 Å². The molecule has 0 radical (unpaired) electrons. The van der Waals surface area contributed by atoms with Crippen LogP contribution in [0.1, 0.15) is 10.5 Å². The summed E-state index contributed by atoms with van der Waals surface area (Å²) in [6.45, 7) is 0. The van der Waals surface area contributed by atoms with Gasteiger partial charge in [-0.25, -0.2) is 14.3 Å². The van der Waals surface area contributed by atoms with Crippen LogP contribution in [0.2, 0.25) is 0 Å². The van der Waals surface area contributed by atoms with Gasteiger partial charge in [-0.3, -0.25) is 14.9 Å². The van der Waals surface area contributed by atoms with Gasteiger partial charge in [0.05, 0.1) is 4.92 Å². The number of amides is 1. The molecule has 9 heteroatoms. The predicted molar refractivity (Wildman–Crippen MR) is 67.8 cm³/mol. The molecule has 0 saturated heterocycles. The molecule has 0 spiro atoms. The first-order valence-corrected chi connectivity index (χ1v) is 5.43. The van der Waals surface area contributed by atoms with Gasteiger partial charge in [0.25, 0.3) is 11.6 Å². The van der Waals surface area contributed by atoms with Crippen LogP contribution in [-0.4, -0.2) is 50.6 Å². The molecule has 0 bridgehead atoms. The van der Waals surface area contributed by atoms with E-state index in [-0.39, 0.29) is 22.4 Å². The third-order valence-electron chi connectivity index (χ3n) is 2.65. The predicted octanol–water partition coefficient (Wildman–Crippen LogP) is 1.17. The highest BCUT2D eigenvalue weighted by Gasteiger charge is 2.23. The summed E-state index contributed by atoms with van der Waals surface area (Å²) in [7, 11) is 2.95. The molecular formula is C11H10N4O5. The lowest BCUT2D eigenvalue weighted by atomic mass is 10.3. The number of nitro groups is 1. The molecule has 2 rings (SSSR count). The zero-order chi connectivity index (χ0) is 15.0. The van der Waals surface area contributed by atoms with Crippen molar-refractivity contribution in [3.8, 4) is 0 Å². The van der Waals surface area contributed by atoms with E-state index in [0.717, 1.165) is 6.20 Å². The average Bonchev–Trinajstić information content (AvgIpc) is 2.75. The van der Waals surface area contributed by atoms with E-state index >= 15 is 0 Å². The Morgan fingerprint density at radius 1 is 1.40 bits per heavy atom. The average molecular weight is 278 g/mol. The summed E-state index contributed by atoms with van der Waals surface area (Å²) < 4.78 is 0.710. The molecule has 9 nitrogen and oxygen atoms in total. The van der Waals surface area contributed by atoms with E-state index in [1.54, 1.807) is 0 Å². The fourth-order valence-electron chi connectivity index (χ4n) is 1.76. The minimum absolute atomic E-state index is 0.0201. The summed E-state index contributed by atoms with van der Waals surface area (Å²) in [4.78, 5) is 38.2. The van der Waals surface area contributed by atoms with Crippen LogP contribution in [0, 0.1) is 10.1 Å². The normalized spacial score (nSPS) is 10.5. The molecule has 0 atom stereocenters. The summed E-state index contributed by atoms with van der Waals surface area (Å²) in [5, 5.41) is 20.1. The van der Waals surface area contributed by atoms with Crippen molar-refractivity contribution in [3.05, 3.63) is 34.1 Å². The van der Waals surface area contributed by atoms with Crippen molar-refractivity contribution in [2.24, 2.45) is 0 Å². The number of carbonyl (C=O) groups excluding carboxylic acids is 1. The lowest BCUT2D eigenvalue weighted by Crippen LogP contribution is -2.26. The molecule has 0 aliphatic rings. The van der Waals surface area contributed by atoms with Gasteiger partial charge in [0.1, 0.15) is 11.9 Å². The molecule has 2 aromatic heterocycles. The van der Waals surface area contributed by atoms with Crippen LogP contribution < -0.4 is 0 Å². The van der Waals surface area contributed by atoms with E-state index in [1.165, 1.54) is 31.1 Å². The molecule has 104 valence electrons. The molecule has 0 aliphatic heterocycles. The summed E-state index contributed by atoms with van der Waals surface area (Å²) in [6.07, 6.45) is -0.433. The maximum atomic E-state index is 11.9. The van der Waals surface area contributed by atoms with Crippen molar-refractivity contribution in [1.29, 1.82) is 0 Å². The van der Waals surface area contributed by atoms with E-state index in [1.807, 2.05) is 0 Å². The van der Waals surface area contributed by atoms with Crippen LogP contribution in [-0.2, 0) is 0 Å². The van der Waals surface area contributed by atoms with Gasteiger partial charge < -0.3 is 10.0 Å². The maximum absolute atomic E-state index is 11.9. The molecule has 1 amide bonds. The van der Waals surface area contributed by atoms with Gasteiger partial charge in [0, 0.05) is 25.5 Å². The molecule has 0 saturated carbocycles. The molecule has 0 unspecified atom stereocenters. The number of carboxylic acid groups (broad SMARTS) is 1. The number of rotatable bonds is 2.